The molecule has 0 aliphatic carbocycles. The van der Waals surface area contributed by atoms with Crippen molar-refractivity contribution in [2.45, 2.75) is 6.54 Å². The highest BCUT2D eigenvalue weighted by molar-refractivity contribution is 7.22. The molecule has 0 bridgehead atoms. The molecule has 0 saturated heterocycles. The zero-order valence-electron chi connectivity index (χ0n) is 12.5. The Balaban J connectivity index is 1.63. The highest BCUT2D eigenvalue weighted by Crippen LogP contribution is 2.28. The van der Waals surface area contributed by atoms with E-state index in [-0.39, 0.29) is 6.03 Å². The van der Waals surface area contributed by atoms with Crippen molar-refractivity contribution in [3.63, 3.8) is 0 Å². The third-order valence-corrected chi connectivity index (χ3v) is 4.06. The lowest BCUT2D eigenvalue weighted by Crippen LogP contribution is -2.28. The Morgan fingerprint density at radius 2 is 2.04 bits per heavy atom. The third-order valence-electron chi connectivity index (χ3n) is 3.12. The number of urea groups is 1. The highest BCUT2D eigenvalue weighted by Gasteiger charge is 2.08. The van der Waals surface area contributed by atoms with Gasteiger partial charge in [-0.1, -0.05) is 41.7 Å². The van der Waals surface area contributed by atoms with Crippen LogP contribution in [0.5, 0.6) is 0 Å². The number of rotatable bonds is 5. The van der Waals surface area contributed by atoms with Gasteiger partial charge in [0.2, 0.25) is 0 Å². The van der Waals surface area contributed by atoms with E-state index in [1.54, 1.807) is 7.11 Å². The second kappa shape index (κ2) is 7.08. The van der Waals surface area contributed by atoms with E-state index in [0.29, 0.717) is 11.7 Å². The SMILES string of the molecule is CONc1ccc2nc(NC(=O)NCc3ccccc3)sc2c1. The van der Waals surface area contributed by atoms with Gasteiger partial charge in [0.1, 0.15) is 0 Å². The van der Waals surface area contributed by atoms with Gasteiger partial charge in [0.25, 0.3) is 0 Å². The van der Waals surface area contributed by atoms with E-state index in [9.17, 15) is 4.79 Å². The second-order valence-electron chi connectivity index (χ2n) is 4.80. The van der Waals surface area contributed by atoms with Crippen molar-refractivity contribution >= 4 is 38.4 Å². The van der Waals surface area contributed by atoms with Crippen LogP contribution in [-0.2, 0) is 11.4 Å². The quantitative estimate of drug-likeness (QED) is 0.626. The maximum atomic E-state index is 11.9. The molecule has 2 amide bonds. The molecule has 23 heavy (non-hydrogen) atoms. The molecule has 0 aliphatic rings. The summed E-state index contributed by atoms with van der Waals surface area (Å²) in [6.07, 6.45) is 0. The predicted octanol–water partition coefficient (Wildman–Crippen LogP) is 3.59. The number of nitrogens with zero attached hydrogens (tertiary/aromatic N) is 1. The van der Waals surface area contributed by atoms with Gasteiger partial charge in [0, 0.05) is 6.54 Å². The molecular formula is C16H16N4O2S. The summed E-state index contributed by atoms with van der Waals surface area (Å²) in [5.74, 6) is 0. The van der Waals surface area contributed by atoms with Gasteiger partial charge in [-0.05, 0) is 23.8 Å². The van der Waals surface area contributed by atoms with Crippen molar-refractivity contribution in [3.8, 4) is 0 Å². The van der Waals surface area contributed by atoms with Crippen LogP contribution in [0.3, 0.4) is 0 Å². The minimum atomic E-state index is -0.275. The van der Waals surface area contributed by atoms with Crippen LogP contribution in [0.1, 0.15) is 5.56 Å². The normalized spacial score (nSPS) is 10.5. The number of amides is 2. The summed E-state index contributed by atoms with van der Waals surface area (Å²) in [6.45, 7) is 0.472. The fourth-order valence-corrected chi connectivity index (χ4v) is 2.98. The standard InChI is InChI=1S/C16H16N4O2S/c1-22-20-12-7-8-13-14(9-12)23-16(18-13)19-15(21)17-10-11-5-3-2-4-6-11/h2-9,20H,10H2,1H3,(H2,17,18,19,21). The van der Waals surface area contributed by atoms with Gasteiger partial charge in [0.05, 0.1) is 23.0 Å². The van der Waals surface area contributed by atoms with Gasteiger partial charge >= 0.3 is 6.03 Å². The van der Waals surface area contributed by atoms with E-state index in [0.717, 1.165) is 21.5 Å². The minimum Gasteiger partial charge on any atom is -0.334 e. The number of anilines is 2. The number of carbonyl (C=O) groups excluding carboxylic acids is 1. The van der Waals surface area contributed by atoms with Crippen LogP contribution in [-0.4, -0.2) is 18.1 Å². The lowest BCUT2D eigenvalue weighted by molar-refractivity contribution is 0.251. The average Bonchev–Trinajstić information content (AvgIpc) is 2.95. The molecule has 118 valence electrons. The zero-order chi connectivity index (χ0) is 16.1. The molecule has 1 heterocycles. The summed E-state index contributed by atoms with van der Waals surface area (Å²) in [5.41, 5.74) is 5.48. The summed E-state index contributed by atoms with van der Waals surface area (Å²) in [7, 11) is 1.56. The fourth-order valence-electron chi connectivity index (χ4n) is 2.08. The second-order valence-corrected chi connectivity index (χ2v) is 5.83. The van der Waals surface area contributed by atoms with Crippen molar-refractivity contribution < 1.29 is 9.63 Å². The number of carbonyl (C=O) groups is 1. The number of nitrogens with one attached hydrogen (secondary N) is 3. The Bertz CT molecular complexity index is 804. The van der Waals surface area contributed by atoms with E-state index in [4.69, 9.17) is 4.84 Å². The smallest absolute Gasteiger partial charge is 0.321 e. The van der Waals surface area contributed by atoms with Gasteiger partial charge in [-0.3, -0.25) is 15.6 Å². The molecular weight excluding hydrogens is 312 g/mol. The van der Waals surface area contributed by atoms with Crippen molar-refractivity contribution in [1.29, 1.82) is 0 Å². The number of hydrogen-bond donors (Lipinski definition) is 3. The Kier molecular flexibility index (Phi) is 4.70. The predicted molar refractivity (Wildman–Crippen MR) is 92.6 cm³/mol. The van der Waals surface area contributed by atoms with E-state index in [2.05, 4.69) is 21.1 Å². The van der Waals surface area contributed by atoms with Gasteiger partial charge < -0.3 is 5.32 Å². The number of fused-ring (bicyclic) bond motifs is 1. The molecule has 0 saturated carbocycles. The van der Waals surface area contributed by atoms with Crippen LogP contribution < -0.4 is 16.1 Å². The molecule has 6 nitrogen and oxygen atoms in total. The van der Waals surface area contributed by atoms with Crippen LogP contribution in [0, 0.1) is 0 Å². The molecule has 0 fully saturated rings. The minimum absolute atomic E-state index is 0.275. The topological polar surface area (TPSA) is 75.3 Å². The van der Waals surface area contributed by atoms with Crippen LogP contribution in [0.15, 0.2) is 48.5 Å². The Morgan fingerprint density at radius 1 is 1.22 bits per heavy atom. The summed E-state index contributed by atoms with van der Waals surface area (Å²) in [5, 5.41) is 6.12. The van der Waals surface area contributed by atoms with E-state index < -0.39 is 0 Å². The number of aromatic nitrogens is 1. The molecule has 0 radical (unpaired) electrons. The Labute approximate surface area is 137 Å². The van der Waals surface area contributed by atoms with Gasteiger partial charge in [-0.15, -0.1) is 0 Å². The van der Waals surface area contributed by atoms with Gasteiger partial charge in [-0.25, -0.2) is 9.78 Å². The number of benzene rings is 2. The first-order valence-electron chi connectivity index (χ1n) is 7.03. The van der Waals surface area contributed by atoms with Crippen LogP contribution >= 0.6 is 11.3 Å². The fraction of sp³-hybridized carbons (Fsp3) is 0.125. The van der Waals surface area contributed by atoms with Crippen molar-refractivity contribution in [2.24, 2.45) is 0 Å². The van der Waals surface area contributed by atoms with E-state index >= 15 is 0 Å². The largest absolute Gasteiger partial charge is 0.334 e. The van der Waals surface area contributed by atoms with Crippen molar-refractivity contribution in [2.75, 3.05) is 17.9 Å². The van der Waals surface area contributed by atoms with Gasteiger partial charge in [0.15, 0.2) is 5.13 Å². The summed E-state index contributed by atoms with van der Waals surface area (Å²) < 4.78 is 0.963. The van der Waals surface area contributed by atoms with Gasteiger partial charge in [-0.2, -0.15) is 0 Å². The molecule has 0 atom stereocenters. The average molecular weight is 328 g/mol. The van der Waals surface area contributed by atoms with E-state index in [1.807, 2.05) is 48.5 Å². The van der Waals surface area contributed by atoms with Crippen LogP contribution in [0.25, 0.3) is 10.2 Å². The molecule has 1 aromatic heterocycles. The molecule has 3 aromatic rings. The van der Waals surface area contributed by atoms with Crippen molar-refractivity contribution in [1.82, 2.24) is 10.3 Å². The first-order chi connectivity index (χ1) is 11.2. The lowest BCUT2D eigenvalue weighted by Gasteiger charge is -2.04. The molecule has 7 heteroatoms. The molecule has 2 aromatic carbocycles. The first kappa shape index (κ1) is 15.3. The lowest BCUT2D eigenvalue weighted by atomic mass is 10.2. The van der Waals surface area contributed by atoms with Crippen LogP contribution in [0.4, 0.5) is 15.6 Å². The number of hydrogen-bond acceptors (Lipinski definition) is 5. The molecule has 0 aliphatic heterocycles. The monoisotopic (exact) mass is 328 g/mol. The van der Waals surface area contributed by atoms with Crippen molar-refractivity contribution in [3.05, 3.63) is 54.1 Å². The summed E-state index contributed by atoms with van der Waals surface area (Å²) >= 11 is 1.41. The van der Waals surface area contributed by atoms with Crippen LogP contribution in [0.2, 0.25) is 0 Å². The molecule has 3 rings (SSSR count). The molecule has 0 unspecified atom stereocenters. The first-order valence-corrected chi connectivity index (χ1v) is 7.84. The Morgan fingerprint density at radius 3 is 2.83 bits per heavy atom. The third kappa shape index (κ3) is 3.97. The zero-order valence-corrected chi connectivity index (χ0v) is 13.3. The summed E-state index contributed by atoms with van der Waals surface area (Å²) in [6, 6.07) is 15.1. The maximum absolute atomic E-state index is 11.9. The van der Waals surface area contributed by atoms with E-state index in [1.165, 1.54) is 11.3 Å². The Hall–Kier alpha value is -2.64. The molecule has 3 N–H and O–H groups in total. The maximum Gasteiger partial charge on any atom is 0.321 e. The highest BCUT2D eigenvalue weighted by atomic mass is 32.1. The summed E-state index contributed by atoms with van der Waals surface area (Å²) in [4.78, 5) is 21.2. The molecule has 0 spiro atoms. The number of thiazole rings is 1.